The maximum absolute atomic E-state index is 14.3. The molecule has 158 valence electrons. The highest BCUT2D eigenvalue weighted by Crippen LogP contribution is 2.23. The van der Waals surface area contributed by atoms with E-state index in [4.69, 9.17) is 5.73 Å². The highest BCUT2D eigenvalue weighted by molar-refractivity contribution is 7.91. The summed E-state index contributed by atoms with van der Waals surface area (Å²) in [5.74, 6) is -0.0541. The first-order valence-electron chi connectivity index (χ1n) is 9.76. The van der Waals surface area contributed by atoms with Crippen LogP contribution < -0.4 is 5.73 Å². The van der Waals surface area contributed by atoms with Crippen LogP contribution in [0, 0.1) is 18.7 Å². The minimum Gasteiger partial charge on any atom is -0.333 e. The predicted octanol–water partition coefficient (Wildman–Crippen LogP) is 2.17. The maximum atomic E-state index is 14.3. The lowest BCUT2D eigenvalue weighted by Gasteiger charge is -2.27. The number of aryl methyl sites for hydroxylation is 1. The van der Waals surface area contributed by atoms with Gasteiger partial charge in [-0.15, -0.1) is 0 Å². The third-order valence-corrected chi connectivity index (χ3v) is 7.12. The lowest BCUT2D eigenvalue weighted by atomic mass is 9.98. The average Bonchev–Trinajstić information content (AvgIpc) is 3.13. The highest BCUT2D eigenvalue weighted by Gasteiger charge is 2.26. The number of carbonyl (C=O) groups excluding carboxylic acids is 1. The van der Waals surface area contributed by atoms with Crippen molar-refractivity contribution < 1.29 is 17.6 Å². The van der Waals surface area contributed by atoms with E-state index in [9.17, 15) is 17.6 Å². The number of aromatic amines is 1. The second-order valence-electron chi connectivity index (χ2n) is 7.68. The van der Waals surface area contributed by atoms with Gasteiger partial charge < -0.3 is 10.6 Å². The number of hydrogen-bond donors (Lipinski definition) is 2. The first-order chi connectivity index (χ1) is 13.8. The molecule has 29 heavy (non-hydrogen) atoms. The minimum atomic E-state index is -2.93. The number of aromatic nitrogens is 2. The minimum absolute atomic E-state index is 0.107. The molecular weight excluding hydrogens is 395 g/mol. The Labute approximate surface area is 170 Å². The van der Waals surface area contributed by atoms with Gasteiger partial charge in [-0.25, -0.2) is 12.8 Å². The fourth-order valence-electron chi connectivity index (χ4n) is 3.59. The molecule has 0 atom stereocenters. The van der Waals surface area contributed by atoms with Crippen molar-refractivity contribution in [3.8, 4) is 0 Å². The van der Waals surface area contributed by atoms with E-state index in [-0.39, 0.29) is 47.9 Å². The fourth-order valence-corrected chi connectivity index (χ4v) is 5.18. The van der Waals surface area contributed by atoms with Gasteiger partial charge in [-0.2, -0.15) is 5.10 Å². The molecule has 0 spiro atoms. The van der Waals surface area contributed by atoms with E-state index in [1.807, 2.05) is 0 Å². The number of amides is 1. The van der Waals surface area contributed by atoms with Gasteiger partial charge in [0.05, 0.1) is 11.5 Å². The number of halogens is 1. The smallest absolute Gasteiger partial charge is 0.274 e. The van der Waals surface area contributed by atoms with Crippen molar-refractivity contribution in [2.75, 3.05) is 18.1 Å². The van der Waals surface area contributed by atoms with Crippen molar-refractivity contribution in [2.24, 2.45) is 11.7 Å². The van der Waals surface area contributed by atoms with E-state index < -0.39 is 9.84 Å². The van der Waals surface area contributed by atoms with Gasteiger partial charge in [0.15, 0.2) is 0 Å². The summed E-state index contributed by atoms with van der Waals surface area (Å²) in [4.78, 5) is 14.6. The number of sulfone groups is 1. The van der Waals surface area contributed by atoms with E-state index in [1.54, 1.807) is 30.0 Å². The van der Waals surface area contributed by atoms with Crippen LogP contribution in [0.3, 0.4) is 0 Å². The number of nitrogens with zero attached hydrogens (tertiary/aromatic N) is 2. The van der Waals surface area contributed by atoms with Crippen LogP contribution in [0.15, 0.2) is 24.3 Å². The molecule has 1 fully saturated rings. The summed E-state index contributed by atoms with van der Waals surface area (Å²) in [6.07, 6.45) is 1.87. The molecule has 0 radical (unpaired) electrons. The van der Waals surface area contributed by atoms with E-state index >= 15 is 0 Å². The molecule has 0 saturated carbocycles. The monoisotopic (exact) mass is 422 g/mol. The van der Waals surface area contributed by atoms with Crippen molar-refractivity contribution in [2.45, 2.75) is 39.3 Å². The third kappa shape index (κ3) is 5.63. The van der Waals surface area contributed by atoms with Crippen molar-refractivity contribution in [3.63, 3.8) is 0 Å². The summed E-state index contributed by atoms with van der Waals surface area (Å²) < 4.78 is 37.6. The standard InChI is InChI=1S/C20H27FN4O3S/c1-14-10-19(24-23-14)20(26)25(7-4-15-5-8-29(27,28)9-6-15)13-17-11-16(12-22)2-3-18(17)21/h2-3,10-11,15H,4-9,12-13,22H2,1H3,(H,23,24). The first kappa shape index (κ1) is 21.4. The summed E-state index contributed by atoms with van der Waals surface area (Å²) in [7, 11) is -2.93. The number of rotatable bonds is 7. The number of benzene rings is 1. The molecule has 3 rings (SSSR count). The number of nitrogens with two attached hydrogens (primary N) is 1. The van der Waals surface area contributed by atoms with Gasteiger partial charge in [-0.1, -0.05) is 6.07 Å². The van der Waals surface area contributed by atoms with Crippen molar-refractivity contribution in [3.05, 3.63) is 52.6 Å². The van der Waals surface area contributed by atoms with Gasteiger partial charge in [-0.05, 0) is 55.9 Å². The summed E-state index contributed by atoms with van der Waals surface area (Å²) in [5.41, 5.74) is 7.91. The molecule has 3 N–H and O–H groups in total. The Morgan fingerprint density at radius 1 is 1.31 bits per heavy atom. The number of hydrogen-bond acceptors (Lipinski definition) is 5. The van der Waals surface area contributed by atoms with Crippen molar-refractivity contribution in [1.29, 1.82) is 0 Å². The second kappa shape index (κ2) is 9.04. The molecule has 1 aliphatic rings. The van der Waals surface area contributed by atoms with Crippen LogP contribution in [0.2, 0.25) is 0 Å². The van der Waals surface area contributed by atoms with Gasteiger partial charge in [0.2, 0.25) is 0 Å². The normalized spacial score (nSPS) is 16.7. The maximum Gasteiger partial charge on any atom is 0.274 e. The third-order valence-electron chi connectivity index (χ3n) is 5.40. The molecule has 0 aliphatic carbocycles. The van der Waals surface area contributed by atoms with Gasteiger partial charge in [0.25, 0.3) is 5.91 Å². The summed E-state index contributed by atoms with van der Waals surface area (Å²) >= 11 is 0. The molecular formula is C20H27FN4O3S. The first-order valence-corrected chi connectivity index (χ1v) is 11.6. The quantitative estimate of drug-likeness (QED) is 0.711. The summed E-state index contributed by atoms with van der Waals surface area (Å²) in [6, 6.07) is 6.34. The number of carbonyl (C=O) groups is 1. The Morgan fingerprint density at radius 3 is 2.66 bits per heavy atom. The lowest BCUT2D eigenvalue weighted by molar-refractivity contribution is 0.0724. The molecule has 2 heterocycles. The van der Waals surface area contributed by atoms with Crippen LogP contribution >= 0.6 is 0 Å². The van der Waals surface area contributed by atoms with E-state index in [2.05, 4.69) is 10.2 Å². The average molecular weight is 423 g/mol. The van der Waals surface area contributed by atoms with Crippen molar-refractivity contribution >= 4 is 15.7 Å². The van der Waals surface area contributed by atoms with Gasteiger partial charge in [-0.3, -0.25) is 9.89 Å². The lowest BCUT2D eigenvalue weighted by Crippen LogP contribution is -2.34. The zero-order valence-corrected chi connectivity index (χ0v) is 17.3. The molecule has 1 amide bonds. The van der Waals surface area contributed by atoms with Crippen molar-refractivity contribution in [1.82, 2.24) is 15.1 Å². The zero-order valence-electron chi connectivity index (χ0n) is 16.5. The van der Waals surface area contributed by atoms with E-state index in [0.29, 0.717) is 31.4 Å². The Balaban J connectivity index is 1.75. The number of nitrogens with one attached hydrogen (secondary N) is 1. The Bertz CT molecular complexity index is 960. The predicted molar refractivity (Wildman–Crippen MR) is 108 cm³/mol. The Morgan fingerprint density at radius 2 is 2.03 bits per heavy atom. The molecule has 7 nitrogen and oxygen atoms in total. The summed E-state index contributed by atoms with van der Waals surface area (Å²) in [6.45, 7) is 2.61. The van der Waals surface area contributed by atoms with E-state index in [0.717, 1.165) is 11.3 Å². The van der Waals surface area contributed by atoms with Crippen LogP contribution in [-0.4, -0.2) is 47.5 Å². The largest absolute Gasteiger partial charge is 0.333 e. The topological polar surface area (TPSA) is 109 Å². The second-order valence-corrected chi connectivity index (χ2v) is 9.98. The highest BCUT2D eigenvalue weighted by atomic mass is 32.2. The molecule has 1 aliphatic heterocycles. The molecule has 1 aromatic heterocycles. The Hall–Kier alpha value is -2.26. The van der Waals surface area contributed by atoms with Crippen LogP contribution in [0.25, 0.3) is 0 Å². The van der Waals surface area contributed by atoms with Crippen LogP contribution in [0.1, 0.15) is 46.6 Å². The molecule has 1 saturated heterocycles. The van der Waals surface area contributed by atoms with Crippen LogP contribution in [-0.2, 0) is 22.9 Å². The SMILES string of the molecule is Cc1cc(C(=O)N(CCC2CCS(=O)(=O)CC2)Cc2cc(CN)ccc2F)n[nH]1. The number of H-pyrrole nitrogens is 1. The molecule has 9 heteroatoms. The molecule has 1 aromatic carbocycles. The molecule has 2 aromatic rings. The van der Waals surface area contributed by atoms with E-state index in [1.165, 1.54) is 6.07 Å². The van der Waals surface area contributed by atoms with Gasteiger partial charge in [0.1, 0.15) is 21.3 Å². The summed E-state index contributed by atoms with van der Waals surface area (Å²) in [5, 5.41) is 6.80. The van der Waals surface area contributed by atoms with Gasteiger partial charge in [0, 0.05) is 30.9 Å². The molecule has 0 bridgehead atoms. The van der Waals surface area contributed by atoms with Gasteiger partial charge >= 0.3 is 0 Å². The zero-order chi connectivity index (χ0) is 21.0. The Kier molecular flexibility index (Phi) is 6.69. The van der Waals surface area contributed by atoms with Crippen LogP contribution in [0.5, 0.6) is 0 Å². The van der Waals surface area contributed by atoms with Crippen LogP contribution in [0.4, 0.5) is 4.39 Å². The molecule has 0 unspecified atom stereocenters. The fraction of sp³-hybridized carbons (Fsp3) is 0.500.